The van der Waals surface area contributed by atoms with E-state index in [1.54, 1.807) is 47.4 Å². The number of carbonyl (C=O) groups is 2. The molecule has 1 unspecified atom stereocenters. The average Bonchev–Trinajstić information content (AvgIpc) is 3.38. The zero-order valence-corrected chi connectivity index (χ0v) is 16.8. The summed E-state index contributed by atoms with van der Waals surface area (Å²) in [6.07, 6.45) is 1.29. The molecule has 0 radical (unpaired) electrons. The molecule has 7 nitrogen and oxygen atoms in total. The van der Waals surface area contributed by atoms with Crippen molar-refractivity contribution < 1.29 is 14.0 Å². The number of likely N-dealkylation sites (tertiary alicyclic amines) is 1. The van der Waals surface area contributed by atoms with Crippen LogP contribution in [0.5, 0.6) is 0 Å². The summed E-state index contributed by atoms with van der Waals surface area (Å²) < 4.78 is 14.8. The topological polar surface area (TPSA) is 91.0 Å². The van der Waals surface area contributed by atoms with Crippen LogP contribution in [0.1, 0.15) is 23.2 Å². The van der Waals surface area contributed by atoms with Gasteiger partial charge in [-0.15, -0.1) is 5.10 Å². The van der Waals surface area contributed by atoms with E-state index in [1.165, 1.54) is 6.07 Å². The highest BCUT2D eigenvalue weighted by Gasteiger charge is 2.35. The molecule has 2 amide bonds. The quantitative estimate of drug-likeness (QED) is 0.625. The highest BCUT2D eigenvalue weighted by atomic mass is 79.9. The monoisotopic (exact) mass is 457 g/mol. The summed E-state index contributed by atoms with van der Waals surface area (Å²) in [6.45, 7) is 0.501. The van der Waals surface area contributed by atoms with Crippen LogP contribution >= 0.6 is 15.9 Å². The number of H-pyrrole nitrogens is 1. The summed E-state index contributed by atoms with van der Waals surface area (Å²) in [5, 5.41) is 9.19. The van der Waals surface area contributed by atoms with Crippen LogP contribution in [0.3, 0.4) is 0 Å². The van der Waals surface area contributed by atoms with E-state index in [0.717, 1.165) is 10.9 Å². The molecule has 2 N–H and O–H groups in total. The lowest BCUT2D eigenvalue weighted by molar-refractivity contribution is -0.119. The van der Waals surface area contributed by atoms with Gasteiger partial charge in [0.2, 0.25) is 11.9 Å². The van der Waals surface area contributed by atoms with Crippen molar-refractivity contribution in [3.8, 4) is 11.4 Å². The molecule has 9 heteroatoms. The van der Waals surface area contributed by atoms with Crippen LogP contribution in [0.25, 0.3) is 11.4 Å². The second kappa shape index (κ2) is 8.12. The third-order valence-corrected chi connectivity index (χ3v) is 5.29. The molecule has 29 heavy (non-hydrogen) atoms. The van der Waals surface area contributed by atoms with Gasteiger partial charge in [-0.2, -0.15) is 4.98 Å². The van der Waals surface area contributed by atoms with Gasteiger partial charge in [0.15, 0.2) is 5.82 Å². The predicted molar refractivity (Wildman–Crippen MR) is 109 cm³/mol. The number of rotatable bonds is 4. The lowest BCUT2D eigenvalue weighted by Gasteiger charge is -2.23. The second-order valence-corrected chi connectivity index (χ2v) is 7.56. The lowest BCUT2D eigenvalue weighted by Crippen LogP contribution is -2.43. The van der Waals surface area contributed by atoms with Gasteiger partial charge < -0.3 is 4.90 Å². The van der Waals surface area contributed by atoms with Gasteiger partial charge >= 0.3 is 0 Å². The molecule has 0 aliphatic carbocycles. The molecule has 1 aromatic heterocycles. The fourth-order valence-electron chi connectivity index (χ4n) is 3.33. The Kier molecular flexibility index (Phi) is 5.39. The Morgan fingerprint density at radius 1 is 1.17 bits per heavy atom. The van der Waals surface area contributed by atoms with E-state index in [2.05, 4.69) is 36.4 Å². The highest BCUT2D eigenvalue weighted by Crippen LogP contribution is 2.23. The van der Waals surface area contributed by atoms with Gasteiger partial charge in [-0.1, -0.05) is 28.1 Å². The zero-order valence-electron chi connectivity index (χ0n) is 15.2. The van der Waals surface area contributed by atoms with Gasteiger partial charge in [0.05, 0.1) is 5.56 Å². The number of hydrogen-bond acceptors (Lipinski definition) is 4. The third kappa shape index (κ3) is 4.04. The molecule has 0 saturated carbocycles. The highest BCUT2D eigenvalue weighted by molar-refractivity contribution is 9.10. The molecule has 2 heterocycles. The summed E-state index contributed by atoms with van der Waals surface area (Å²) in [7, 11) is 0. The van der Waals surface area contributed by atoms with Crippen molar-refractivity contribution in [1.82, 2.24) is 20.1 Å². The smallest absolute Gasteiger partial charge is 0.254 e. The van der Waals surface area contributed by atoms with Crippen LogP contribution in [0.4, 0.5) is 10.3 Å². The number of nitrogens with one attached hydrogen (secondary N) is 2. The molecule has 1 aliphatic heterocycles. The maximum atomic E-state index is 13.9. The number of carbonyl (C=O) groups excluding carboxylic acids is 2. The minimum Gasteiger partial charge on any atom is -0.327 e. The Labute approximate surface area is 174 Å². The number of nitrogens with zero attached hydrogens (tertiary/aromatic N) is 3. The van der Waals surface area contributed by atoms with E-state index in [1.807, 2.05) is 0 Å². The number of aromatic nitrogens is 3. The first-order valence-electron chi connectivity index (χ1n) is 9.07. The van der Waals surface area contributed by atoms with Crippen LogP contribution in [-0.2, 0) is 4.79 Å². The molecule has 0 bridgehead atoms. The van der Waals surface area contributed by atoms with Gasteiger partial charge in [-0.05, 0) is 49.2 Å². The molecule has 1 saturated heterocycles. The summed E-state index contributed by atoms with van der Waals surface area (Å²) in [5.74, 6) is -0.753. The van der Waals surface area contributed by atoms with Crippen molar-refractivity contribution in [2.45, 2.75) is 18.9 Å². The van der Waals surface area contributed by atoms with E-state index < -0.39 is 11.9 Å². The van der Waals surface area contributed by atoms with Crippen LogP contribution in [-0.4, -0.2) is 44.5 Å². The number of amides is 2. The Morgan fingerprint density at radius 3 is 2.69 bits per heavy atom. The lowest BCUT2D eigenvalue weighted by atomic mass is 10.1. The minimum atomic E-state index is -0.610. The molecule has 0 spiro atoms. The Bertz CT molecular complexity index is 1050. The molecule has 4 rings (SSSR count). The molecule has 2 aromatic carbocycles. The van der Waals surface area contributed by atoms with Gasteiger partial charge in [-0.3, -0.25) is 20.0 Å². The Balaban J connectivity index is 1.47. The van der Waals surface area contributed by atoms with Gasteiger partial charge in [0.25, 0.3) is 5.91 Å². The largest absolute Gasteiger partial charge is 0.327 e. The Morgan fingerprint density at radius 2 is 1.93 bits per heavy atom. The van der Waals surface area contributed by atoms with Crippen molar-refractivity contribution in [1.29, 1.82) is 0 Å². The van der Waals surface area contributed by atoms with Crippen molar-refractivity contribution in [2.24, 2.45) is 0 Å². The standard InChI is InChI=1S/C20H17BrFN5O2/c21-13-9-7-12(8-10-13)19(29)27-11-3-6-16(27)18(28)24-20-23-17(25-26-20)14-4-1-2-5-15(14)22/h1-2,4-5,7-10,16H,3,6,11H2,(H2,23,24,25,26,28). The number of benzene rings is 2. The maximum absolute atomic E-state index is 13.9. The van der Waals surface area contributed by atoms with Gasteiger partial charge in [-0.25, -0.2) is 4.39 Å². The molecule has 1 fully saturated rings. The molecule has 3 aromatic rings. The first-order valence-corrected chi connectivity index (χ1v) is 9.87. The molecule has 1 atom stereocenters. The van der Waals surface area contributed by atoms with Crippen LogP contribution in [0.2, 0.25) is 0 Å². The zero-order chi connectivity index (χ0) is 20.4. The Hall–Kier alpha value is -3.07. The fourth-order valence-corrected chi connectivity index (χ4v) is 3.59. The van der Waals surface area contributed by atoms with E-state index in [4.69, 9.17) is 0 Å². The van der Waals surface area contributed by atoms with Crippen molar-refractivity contribution in [3.63, 3.8) is 0 Å². The fraction of sp³-hybridized carbons (Fsp3) is 0.200. The van der Waals surface area contributed by atoms with Crippen LogP contribution < -0.4 is 5.32 Å². The summed E-state index contributed by atoms with van der Waals surface area (Å²) in [4.78, 5) is 31.3. The number of hydrogen-bond donors (Lipinski definition) is 2. The number of aromatic amines is 1. The molecule has 1 aliphatic rings. The van der Waals surface area contributed by atoms with Crippen molar-refractivity contribution in [3.05, 3.63) is 64.4 Å². The van der Waals surface area contributed by atoms with E-state index >= 15 is 0 Å². The molecular weight excluding hydrogens is 441 g/mol. The van der Waals surface area contributed by atoms with E-state index in [-0.39, 0.29) is 29.2 Å². The number of anilines is 1. The van der Waals surface area contributed by atoms with Gasteiger partial charge in [0, 0.05) is 16.6 Å². The van der Waals surface area contributed by atoms with Crippen molar-refractivity contribution in [2.75, 3.05) is 11.9 Å². The van der Waals surface area contributed by atoms with E-state index in [9.17, 15) is 14.0 Å². The SMILES string of the molecule is O=C(Nc1n[nH]c(-c2ccccc2F)n1)C1CCCN1C(=O)c1ccc(Br)cc1. The predicted octanol–water partition coefficient (Wildman–Crippen LogP) is 3.62. The summed E-state index contributed by atoms with van der Waals surface area (Å²) in [5.41, 5.74) is 0.779. The maximum Gasteiger partial charge on any atom is 0.254 e. The van der Waals surface area contributed by atoms with Crippen LogP contribution in [0.15, 0.2) is 53.0 Å². The summed E-state index contributed by atoms with van der Waals surface area (Å²) >= 11 is 3.34. The third-order valence-electron chi connectivity index (χ3n) is 4.76. The average molecular weight is 458 g/mol. The van der Waals surface area contributed by atoms with E-state index in [0.29, 0.717) is 18.5 Å². The molecule has 148 valence electrons. The van der Waals surface area contributed by atoms with Crippen LogP contribution in [0, 0.1) is 5.82 Å². The number of halogens is 2. The first-order chi connectivity index (χ1) is 14.0. The first kappa shape index (κ1) is 19.3. The van der Waals surface area contributed by atoms with Gasteiger partial charge in [0.1, 0.15) is 11.9 Å². The second-order valence-electron chi connectivity index (χ2n) is 6.64. The van der Waals surface area contributed by atoms with Crippen molar-refractivity contribution >= 4 is 33.7 Å². The minimum absolute atomic E-state index is 0.0381. The molecular formula is C20H17BrFN5O2. The summed E-state index contributed by atoms with van der Waals surface area (Å²) in [6, 6.07) is 12.6. The normalized spacial score (nSPS) is 16.1.